The third kappa shape index (κ3) is 4.33. The van der Waals surface area contributed by atoms with Crippen molar-refractivity contribution in [3.63, 3.8) is 0 Å². The molecule has 0 radical (unpaired) electrons. The average molecular weight is 382 g/mol. The maximum Gasteiger partial charge on any atom is 0.287 e. The molecule has 138 valence electrons. The predicted molar refractivity (Wildman–Crippen MR) is 82.2 cm³/mol. The minimum atomic E-state index is -3.09. The molecule has 10 heteroatoms. The van der Waals surface area contributed by atoms with Crippen molar-refractivity contribution in [1.82, 2.24) is 15.1 Å². The van der Waals surface area contributed by atoms with Gasteiger partial charge in [0.25, 0.3) is 18.8 Å². The van der Waals surface area contributed by atoms with Crippen LogP contribution >= 0.6 is 11.6 Å². The second kappa shape index (κ2) is 7.90. The Morgan fingerprint density at radius 1 is 1.32 bits per heavy atom. The second-order valence-electron chi connectivity index (χ2n) is 5.39. The summed E-state index contributed by atoms with van der Waals surface area (Å²) in [5.41, 5.74) is -1.74. The maximum absolute atomic E-state index is 13.1. The third-order valence-electron chi connectivity index (χ3n) is 3.55. The van der Waals surface area contributed by atoms with Gasteiger partial charge in [-0.15, -0.1) is 0 Å². The highest BCUT2D eigenvalue weighted by Gasteiger charge is 2.28. The van der Waals surface area contributed by atoms with Gasteiger partial charge in [0, 0.05) is 6.04 Å². The number of amides is 1. The minimum Gasteiger partial charge on any atom is -0.454 e. The van der Waals surface area contributed by atoms with Crippen LogP contribution in [-0.2, 0) is 6.54 Å². The predicted octanol–water partition coefficient (Wildman–Crippen LogP) is 4.58. The quantitative estimate of drug-likeness (QED) is 0.714. The van der Waals surface area contributed by atoms with Gasteiger partial charge in [-0.25, -0.2) is 17.6 Å². The highest BCUT2D eigenvalue weighted by molar-refractivity contribution is 6.32. The molecule has 2 rings (SSSR count). The zero-order valence-electron chi connectivity index (χ0n) is 13.4. The Morgan fingerprint density at radius 2 is 2.00 bits per heavy atom. The van der Waals surface area contributed by atoms with Crippen molar-refractivity contribution in [1.29, 1.82) is 0 Å². The van der Waals surface area contributed by atoms with Gasteiger partial charge < -0.3 is 9.73 Å². The molecule has 2 heterocycles. The number of halogens is 5. The van der Waals surface area contributed by atoms with E-state index in [9.17, 15) is 22.4 Å². The van der Waals surface area contributed by atoms with Gasteiger partial charge >= 0.3 is 0 Å². The van der Waals surface area contributed by atoms with Gasteiger partial charge in [-0.1, -0.05) is 18.5 Å². The molecule has 0 aromatic carbocycles. The van der Waals surface area contributed by atoms with Crippen LogP contribution in [0.1, 0.15) is 60.8 Å². The number of furan rings is 1. The Hall–Kier alpha value is -2.03. The number of carbonyl (C=O) groups is 1. The Labute approximate surface area is 145 Å². The molecular formula is C15H16ClF4N3O2. The summed E-state index contributed by atoms with van der Waals surface area (Å²) in [6.07, 6.45) is -5.45. The summed E-state index contributed by atoms with van der Waals surface area (Å²) in [5.74, 6) is -0.362. The zero-order valence-corrected chi connectivity index (χ0v) is 14.2. The lowest BCUT2D eigenvalue weighted by Crippen LogP contribution is -2.31. The molecular weight excluding hydrogens is 366 g/mol. The number of hydrogen-bond donors (Lipinski definition) is 1. The lowest BCUT2D eigenvalue weighted by Gasteiger charge is -2.09. The van der Waals surface area contributed by atoms with E-state index >= 15 is 0 Å². The number of aromatic nitrogens is 2. The molecule has 1 amide bonds. The van der Waals surface area contributed by atoms with Gasteiger partial charge in [0.1, 0.15) is 17.1 Å². The first kappa shape index (κ1) is 19.3. The van der Waals surface area contributed by atoms with E-state index < -0.39 is 35.2 Å². The number of nitrogens with one attached hydrogen (secondary N) is 1. The first-order valence-electron chi connectivity index (χ1n) is 7.46. The fraction of sp³-hybridized carbons (Fsp3) is 0.467. The van der Waals surface area contributed by atoms with Gasteiger partial charge in [-0.2, -0.15) is 5.10 Å². The highest BCUT2D eigenvalue weighted by atomic mass is 35.5. The van der Waals surface area contributed by atoms with Crippen LogP contribution in [0.2, 0.25) is 5.02 Å². The van der Waals surface area contributed by atoms with Crippen LogP contribution in [-0.4, -0.2) is 21.7 Å². The van der Waals surface area contributed by atoms with Crippen LogP contribution in [0.3, 0.4) is 0 Å². The van der Waals surface area contributed by atoms with Gasteiger partial charge in [0.2, 0.25) is 0 Å². The molecule has 0 saturated heterocycles. The first-order valence-corrected chi connectivity index (χ1v) is 7.84. The van der Waals surface area contributed by atoms with Gasteiger partial charge in [0.15, 0.2) is 5.76 Å². The van der Waals surface area contributed by atoms with Crippen molar-refractivity contribution in [2.75, 3.05) is 0 Å². The number of rotatable bonds is 7. The Bertz CT molecular complexity index is 745. The average Bonchev–Trinajstić information content (AvgIpc) is 3.12. The monoisotopic (exact) mass is 381 g/mol. The molecule has 0 aliphatic rings. The van der Waals surface area contributed by atoms with Crippen LogP contribution in [0.5, 0.6) is 0 Å². The van der Waals surface area contributed by atoms with Gasteiger partial charge in [-0.3, -0.25) is 9.48 Å². The summed E-state index contributed by atoms with van der Waals surface area (Å²) in [6, 6.07) is 2.69. The number of hydrogen-bond acceptors (Lipinski definition) is 3. The van der Waals surface area contributed by atoms with Crippen molar-refractivity contribution in [2.45, 2.75) is 45.7 Å². The van der Waals surface area contributed by atoms with Gasteiger partial charge in [0.05, 0.1) is 11.6 Å². The molecule has 2 aromatic rings. The van der Waals surface area contributed by atoms with E-state index in [0.717, 1.165) is 6.42 Å². The third-order valence-corrected chi connectivity index (χ3v) is 3.94. The van der Waals surface area contributed by atoms with E-state index in [1.165, 1.54) is 12.1 Å². The van der Waals surface area contributed by atoms with Crippen LogP contribution in [0.25, 0.3) is 0 Å². The Kier molecular flexibility index (Phi) is 6.10. The second-order valence-corrected chi connectivity index (χ2v) is 5.77. The number of nitrogens with zero attached hydrogens (tertiary/aromatic N) is 2. The summed E-state index contributed by atoms with van der Waals surface area (Å²) >= 11 is 5.58. The van der Waals surface area contributed by atoms with Crippen LogP contribution in [0.4, 0.5) is 17.6 Å². The molecule has 5 nitrogen and oxygen atoms in total. The fourth-order valence-electron chi connectivity index (χ4n) is 2.07. The summed E-state index contributed by atoms with van der Waals surface area (Å²) in [4.78, 5) is 11.9. The van der Waals surface area contributed by atoms with Crippen LogP contribution in [0.15, 0.2) is 16.5 Å². The first-order chi connectivity index (χ1) is 11.7. The molecule has 1 unspecified atom stereocenters. The zero-order chi connectivity index (χ0) is 18.7. The molecule has 25 heavy (non-hydrogen) atoms. The molecule has 1 atom stereocenters. The Morgan fingerprint density at radius 3 is 2.56 bits per heavy atom. The number of alkyl halides is 4. The lowest BCUT2D eigenvalue weighted by atomic mass is 10.2. The van der Waals surface area contributed by atoms with Crippen molar-refractivity contribution < 1.29 is 26.8 Å². The minimum absolute atomic E-state index is 0.0127. The van der Waals surface area contributed by atoms with E-state index in [4.69, 9.17) is 16.0 Å². The maximum atomic E-state index is 13.1. The Balaban J connectivity index is 2.23. The summed E-state index contributed by atoms with van der Waals surface area (Å²) in [5, 5.41) is 5.35. The molecule has 2 aromatic heterocycles. The standard InChI is InChI=1S/C15H16ClF4N3O2/c1-3-7(2)21-15(24)9-5-4-8(25-9)6-23-12(14(19)20)10(16)11(22-23)13(17)18/h4-5,7,13-14H,3,6H2,1-2H3,(H,21,24). The topological polar surface area (TPSA) is 60.1 Å². The van der Waals surface area contributed by atoms with Crippen molar-refractivity contribution in [3.8, 4) is 0 Å². The van der Waals surface area contributed by atoms with E-state index in [-0.39, 0.29) is 24.1 Å². The van der Waals surface area contributed by atoms with E-state index in [2.05, 4.69) is 10.4 Å². The molecule has 0 saturated carbocycles. The molecule has 1 N–H and O–H groups in total. The normalized spacial score (nSPS) is 12.8. The van der Waals surface area contributed by atoms with Crippen LogP contribution < -0.4 is 5.32 Å². The molecule has 0 bridgehead atoms. The molecule has 0 aliphatic heterocycles. The molecule has 0 spiro atoms. The van der Waals surface area contributed by atoms with Crippen molar-refractivity contribution in [2.24, 2.45) is 0 Å². The van der Waals surface area contributed by atoms with E-state index in [1.54, 1.807) is 0 Å². The van der Waals surface area contributed by atoms with Gasteiger partial charge in [-0.05, 0) is 25.5 Å². The lowest BCUT2D eigenvalue weighted by molar-refractivity contribution is 0.0908. The van der Waals surface area contributed by atoms with Crippen molar-refractivity contribution >= 4 is 17.5 Å². The SMILES string of the molecule is CCC(C)NC(=O)c1ccc(Cn2nc(C(F)F)c(Cl)c2C(F)F)o1. The summed E-state index contributed by atoms with van der Waals surface area (Å²) < 4.78 is 57.8. The van der Waals surface area contributed by atoms with Crippen molar-refractivity contribution in [3.05, 3.63) is 40.1 Å². The summed E-state index contributed by atoms with van der Waals surface area (Å²) in [7, 11) is 0. The fourth-order valence-corrected chi connectivity index (χ4v) is 2.37. The molecule has 0 fully saturated rings. The summed E-state index contributed by atoms with van der Waals surface area (Å²) in [6.45, 7) is 3.35. The molecule has 0 aliphatic carbocycles. The largest absolute Gasteiger partial charge is 0.454 e. The smallest absolute Gasteiger partial charge is 0.287 e. The van der Waals surface area contributed by atoms with E-state index in [0.29, 0.717) is 4.68 Å². The number of carbonyl (C=O) groups excluding carboxylic acids is 1. The van der Waals surface area contributed by atoms with Crippen LogP contribution in [0, 0.1) is 0 Å². The highest BCUT2D eigenvalue weighted by Crippen LogP contribution is 2.34. The van der Waals surface area contributed by atoms with E-state index in [1.807, 2.05) is 13.8 Å².